The Bertz CT molecular complexity index is 771. The van der Waals surface area contributed by atoms with Crippen molar-refractivity contribution >= 4 is 23.2 Å². The quantitative estimate of drug-likeness (QED) is 0.909. The molecule has 6 nitrogen and oxygen atoms in total. The number of anilines is 1. The first-order valence-electron chi connectivity index (χ1n) is 8.53. The minimum atomic E-state index is -0.243. The number of hydrogen-bond acceptors (Lipinski definition) is 4. The highest BCUT2D eigenvalue weighted by Crippen LogP contribution is 2.30. The van der Waals surface area contributed by atoms with Gasteiger partial charge in [-0.1, -0.05) is 11.6 Å². The van der Waals surface area contributed by atoms with Crippen LogP contribution >= 0.6 is 11.6 Å². The summed E-state index contributed by atoms with van der Waals surface area (Å²) in [5.74, 6) is 0.493. The van der Waals surface area contributed by atoms with Crippen LogP contribution in [0.5, 0.6) is 5.75 Å². The first-order valence-corrected chi connectivity index (χ1v) is 8.91. The van der Waals surface area contributed by atoms with E-state index in [1.54, 1.807) is 12.3 Å². The molecule has 1 amide bonds. The maximum Gasteiger partial charge on any atom is 0.231 e. The molecule has 2 aliphatic rings. The maximum atomic E-state index is 12.5. The number of rotatable bonds is 4. The average molecular weight is 362 g/mol. The predicted octanol–water partition coefficient (Wildman–Crippen LogP) is 2.91. The predicted molar refractivity (Wildman–Crippen MR) is 94.0 cm³/mol. The molecule has 1 N–H and O–H groups in total. The first kappa shape index (κ1) is 16.4. The zero-order valence-corrected chi connectivity index (χ0v) is 14.5. The van der Waals surface area contributed by atoms with Crippen molar-refractivity contribution in [3.05, 3.63) is 41.2 Å². The van der Waals surface area contributed by atoms with Gasteiger partial charge in [0, 0.05) is 17.8 Å². The van der Waals surface area contributed by atoms with E-state index < -0.39 is 0 Å². The van der Waals surface area contributed by atoms with E-state index in [2.05, 4.69) is 10.4 Å². The van der Waals surface area contributed by atoms with Crippen LogP contribution < -0.4 is 10.1 Å². The molecule has 1 aromatic carbocycles. The molecular weight excluding hydrogens is 342 g/mol. The largest absolute Gasteiger partial charge is 0.492 e. The van der Waals surface area contributed by atoms with E-state index in [4.69, 9.17) is 21.1 Å². The molecule has 132 valence electrons. The minimum absolute atomic E-state index is 0.0673. The minimum Gasteiger partial charge on any atom is -0.492 e. The van der Waals surface area contributed by atoms with Crippen molar-refractivity contribution in [3.63, 3.8) is 0 Å². The molecule has 0 radical (unpaired) electrons. The van der Waals surface area contributed by atoms with Crippen molar-refractivity contribution in [1.82, 2.24) is 9.78 Å². The van der Waals surface area contributed by atoms with Gasteiger partial charge in [0.25, 0.3) is 0 Å². The summed E-state index contributed by atoms with van der Waals surface area (Å²) in [5.41, 5.74) is 1.66. The Labute approximate surface area is 151 Å². The lowest BCUT2D eigenvalue weighted by molar-refractivity contribution is -0.121. The molecule has 2 atom stereocenters. The number of nitrogens with zero attached hydrogens (tertiary/aromatic N) is 2. The number of fused-ring (bicyclic) bond motifs is 1. The van der Waals surface area contributed by atoms with Gasteiger partial charge in [0.2, 0.25) is 5.91 Å². The molecule has 0 spiro atoms. The van der Waals surface area contributed by atoms with Gasteiger partial charge in [0.15, 0.2) is 0 Å². The molecule has 2 aromatic rings. The van der Waals surface area contributed by atoms with Crippen molar-refractivity contribution in [1.29, 1.82) is 0 Å². The lowest BCUT2D eigenvalue weighted by atomic mass is 9.96. The van der Waals surface area contributed by atoms with Gasteiger partial charge in [-0.25, -0.2) is 0 Å². The van der Waals surface area contributed by atoms with Gasteiger partial charge >= 0.3 is 0 Å². The van der Waals surface area contributed by atoms with Crippen LogP contribution in [0.2, 0.25) is 5.02 Å². The molecule has 3 heterocycles. The fourth-order valence-corrected chi connectivity index (χ4v) is 3.50. The fourth-order valence-electron chi connectivity index (χ4n) is 3.30. The maximum absolute atomic E-state index is 12.5. The Morgan fingerprint density at radius 2 is 2.36 bits per heavy atom. The third-order valence-electron chi connectivity index (χ3n) is 4.62. The van der Waals surface area contributed by atoms with E-state index in [0.717, 1.165) is 30.8 Å². The summed E-state index contributed by atoms with van der Waals surface area (Å²) in [4.78, 5) is 12.5. The Kier molecular flexibility index (Phi) is 4.63. The van der Waals surface area contributed by atoms with Gasteiger partial charge < -0.3 is 14.8 Å². The molecule has 2 unspecified atom stereocenters. The van der Waals surface area contributed by atoms with E-state index in [-0.39, 0.29) is 17.9 Å². The fraction of sp³-hybridized carbons (Fsp3) is 0.444. The monoisotopic (exact) mass is 361 g/mol. The molecule has 0 aliphatic carbocycles. The summed E-state index contributed by atoms with van der Waals surface area (Å²) in [6, 6.07) is 5.50. The number of ether oxygens (including phenoxy) is 2. The molecule has 1 fully saturated rings. The van der Waals surface area contributed by atoms with Gasteiger partial charge in [-0.15, -0.1) is 0 Å². The second-order valence-electron chi connectivity index (χ2n) is 6.54. The van der Waals surface area contributed by atoms with Crippen molar-refractivity contribution < 1.29 is 14.3 Å². The van der Waals surface area contributed by atoms with Crippen LogP contribution in [0.3, 0.4) is 0 Å². The van der Waals surface area contributed by atoms with Gasteiger partial charge in [0.1, 0.15) is 12.4 Å². The Morgan fingerprint density at radius 3 is 3.20 bits per heavy atom. The summed E-state index contributed by atoms with van der Waals surface area (Å²) >= 11 is 6.03. The van der Waals surface area contributed by atoms with Gasteiger partial charge in [-0.3, -0.25) is 9.48 Å². The van der Waals surface area contributed by atoms with Crippen molar-refractivity contribution in [3.8, 4) is 5.75 Å². The zero-order valence-electron chi connectivity index (χ0n) is 13.8. The summed E-state index contributed by atoms with van der Waals surface area (Å²) in [7, 11) is 0. The number of aromatic nitrogens is 2. The first-order chi connectivity index (χ1) is 12.2. The number of nitrogens with one attached hydrogen (secondary N) is 1. The SMILES string of the molecule is O=C(Nc1cnn(CC2CCCO2)c1)C1COc2ccc(Cl)cc2C1. The molecule has 25 heavy (non-hydrogen) atoms. The van der Waals surface area contributed by atoms with Crippen LogP contribution in [0.25, 0.3) is 0 Å². The number of hydrogen-bond donors (Lipinski definition) is 1. The normalized spacial score (nSPS) is 22.3. The third kappa shape index (κ3) is 3.80. The van der Waals surface area contributed by atoms with Crippen LogP contribution in [-0.4, -0.2) is 35.0 Å². The average Bonchev–Trinajstić information content (AvgIpc) is 3.26. The summed E-state index contributed by atoms with van der Waals surface area (Å²) in [5, 5.41) is 7.88. The Morgan fingerprint density at radius 1 is 1.44 bits per heavy atom. The number of benzene rings is 1. The molecule has 1 saturated heterocycles. The summed E-state index contributed by atoms with van der Waals surface area (Å²) < 4.78 is 13.1. The standard InChI is InChI=1S/C18H20ClN3O3/c19-14-3-4-17-12(7-14)6-13(11-25-17)18(23)21-15-8-20-22(9-15)10-16-2-1-5-24-16/h3-4,7-9,13,16H,1-2,5-6,10-11H2,(H,21,23). The van der Waals surface area contributed by atoms with E-state index in [1.165, 1.54) is 0 Å². The molecule has 4 rings (SSSR count). The summed E-state index contributed by atoms with van der Waals surface area (Å²) in [6.07, 6.45) is 6.50. The summed E-state index contributed by atoms with van der Waals surface area (Å²) in [6.45, 7) is 1.90. The van der Waals surface area contributed by atoms with Crippen LogP contribution in [0.1, 0.15) is 18.4 Å². The molecular formula is C18H20ClN3O3. The highest BCUT2D eigenvalue weighted by molar-refractivity contribution is 6.30. The van der Waals surface area contributed by atoms with Crippen molar-refractivity contribution in [2.45, 2.75) is 31.9 Å². The highest BCUT2D eigenvalue weighted by Gasteiger charge is 2.26. The number of carbonyl (C=O) groups excluding carboxylic acids is 1. The Hall–Kier alpha value is -2.05. The van der Waals surface area contributed by atoms with E-state index in [0.29, 0.717) is 30.3 Å². The van der Waals surface area contributed by atoms with E-state index >= 15 is 0 Å². The lowest BCUT2D eigenvalue weighted by Gasteiger charge is -2.24. The zero-order chi connectivity index (χ0) is 17.2. The number of halogens is 1. The van der Waals surface area contributed by atoms with E-state index in [1.807, 2.05) is 23.0 Å². The molecule has 1 aromatic heterocycles. The van der Waals surface area contributed by atoms with Crippen molar-refractivity contribution in [2.24, 2.45) is 5.92 Å². The van der Waals surface area contributed by atoms with Gasteiger partial charge in [0.05, 0.1) is 30.5 Å². The van der Waals surface area contributed by atoms with Gasteiger partial charge in [-0.2, -0.15) is 5.10 Å². The topological polar surface area (TPSA) is 65.4 Å². The smallest absolute Gasteiger partial charge is 0.231 e. The second-order valence-corrected chi connectivity index (χ2v) is 6.98. The van der Waals surface area contributed by atoms with Crippen LogP contribution in [-0.2, 0) is 22.5 Å². The van der Waals surface area contributed by atoms with Crippen LogP contribution in [0, 0.1) is 5.92 Å². The van der Waals surface area contributed by atoms with Gasteiger partial charge in [-0.05, 0) is 43.0 Å². The number of amides is 1. The molecule has 7 heteroatoms. The Balaban J connectivity index is 1.36. The third-order valence-corrected chi connectivity index (χ3v) is 4.85. The molecule has 0 bridgehead atoms. The van der Waals surface area contributed by atoms with Crippen LogP contribution in [0.4, 0.5) is 5.69 Å². The molecule has 2 aliphatic heterocycles. The second kappa shape index (κ2) is 7.06. The van der Waals surface area contributed by atoms with Crippen molar-refractivity contribution in [2.75, 3.05) is 18.5 Å². The molecule has 0 saturated carbocycles. The van der Waals surface area contributed by atoms with Crippen LogP contribution in [0.15, 0.2) is 30.6 Å². The van der Waals surface area contributed by atoms with E-state index in [9.17, 15) is 4.79 Å². The lowest BCUT2D eigenvalue weighted by Crippen LogP contribution is -2.32. The highest BCUT2D eigenvalue weighted by atomic mass is 35.5. The number of carbonyl (C=O) groups is 1.